The number of halogens is 2. The molecule has 1 N–H and O–H groups in total. The van der Waals surface area contributed by atoms with Crippen LogP contribution >= 0.6 is 0 Å². The Bertz CT molecular complexity index is 1120. The largest absolute Gasteiger partial charge is 0.497 e. The molecule has 0 saturated carbocycles. The lowest BCUT2D eigenvalue weighted by atomic mass is 10.2. The fourth-order valence-electron chi connectivity index (χ4n) is 2.66. The molecule has 1 heterocycles. The van der Waals surface area contributed by atoms with E-state index < -0.39 is 28.7 Å². The average Bonchev–Trinajstić information content (AvgIpc) is 2.72. The molecule has 0 saturated heterocycles. The van der Waals surface area contributed by atoms with Crippen LogP contribution in [0, 0.1) is 11.6 Å². The maximum atomic E-state index is 13.4. The quantitative estimate of drug-likeness (QED) is 0.663. The molecule has 1 amide bonds. The Morgan fingerprint density at radius 1 is 0.900 bits per heavy atom. The smallest absolute Gasteiger partial charge is 0.280 e. The summed E-state index contributed by atoms with van der Waals surface area (Å²) in [7, 11) is 4.26. The van der Waals surface area contributed by atoms with Crippen LogP contribution in [-0.4, -0.2) is 37.0 Å². The number of nitrogens with zero attached hydrogens (tertiary/aromatic N) is 2. The molecule has 8 nitrogen and oxygen atoms in total. The van der Waals surface area contributed by atoms with Crippen molar-refractivity contribution in [2.75, 3.05) is 26.6 Å². The van der Waals surface area contributed by atoms with Crippen LogP contribution in [0.2, 0.25) is 0 Å². The first-order valence-electron chi connectivity index (χ1n) is 8.54. The Labute approximate surface area is 169 Å². The number of hydrogen-bond donors (Lipinski definition) is 1. The zero-order valence-corrected chi connectivity index (χ0v) is 16.2. The van der Waals surface area contributed by atoms with Gasteiger partial charge in [-0.1, -0.05) is 0 Å². The van der Waals surface area contributed by atoms with Gasteiger partial charge in [-0.3, -0.25) is 9.59 Å². The molecule has 2 aromatic carbocycles. The number of anilines is 1. The van der Waals surface area contributed by atoms with Gasteiger partial charge in [0.05, 0.1) is 33.1 Å². The first-order valence-corrected chi connectivity index (χ1v) is 8.54. The van der Waals surface area contributed by atoms with Crippen molar-refractivity contribution in [2.24, 2.45) is 0 Å². The van der Waals surface area contributed by atoms with E-state index in [-0.39, 0.29) is 11.6 Å². The first kappa shape index (κ1) is 20.8. The third-order valence-corrected chi connectivity index (χ3v) is 4.02. The summed E-state index contributed by atoms with van der Waals surface area (Å²) in [5.74, 6) is -1.79. The SMILES string of the molecule is COc1cc(OC)cc(-n2nc(C(=O)Nc3cc(F)cc(F)c3)c(=O)cc2OC)c1. The first-order chi connectivity index (χ1) is 14.3. The number of methoxy groups -OCH3 is 3. The van der Waals surface area contributed by atoms with Crippen molar-refractivity contribution in [1.29, 1.82) is 0 Å². The number of rotatable bonds is 6. The van der Waals surface area contributed by atoms with Gasteiger partial charge in [0.15, 0.2) is 5.69 Å². The van der Waals surface area contributed by atoms with Crippen molar-refractivity contribution in [1.82, 2.24) is 9.78 Å². The number of amides is 1. The van der Waals surface area contributed by atoms with Crippen molar-refractivity contribution >= 4 is 11.6 Å². The molecule has 10 heteroatoms. The van der Waals surface area contributed by atoms with Gasteiger partial charge in [0.2, 0.25) is 11.3 Å². The molecule has 30 heavy (non-hydrogen) atoms. The van der Waals surface area contributed by atoms with E-state index in [9.17, 15) is 18.4 Å². The third-order valence-electron chi connectivity index (χ3n) is 4.02. The molecule has 0 aliphatic rings. The number of ether oxygens (including phenoxy) is 3. The summed E-state index contributed by atoms with van der Waals surface area (Å²) in [5, 5.41) is 6.33. The fourth-order valence-corrected chi connectivity index (χ4v) is 2.66. The molecule has 0 fully saturated rings. The summed E-state index contributed by atoms with van der Waals surface area (Å²) in [5.41, 5.74) is -1.03. The maximum absolute atomic E-state index is 13.4. The van der Waals surface area contributed by atoms with Gasteiger partial charge >= 0.3 is 0 Å². The topological polar surface area (TPSA) is 91.7 Å². The lowest BCUT2D eigenvalue weighted by Crippen LogP contribution is -2.26. The second-order valence-corrected chi connectivity index (χ2v) is 5.99. The zero-order valence-electron chi connectivity index (χ0n) is 16.2. The van der Waals surface area contributed by atoms with Crippen LogP contribution < -0.4 is 25.0 Å². The van der Waals surface area contributed by atoms with Gasteiger partial charge in [0.25, 0.3) is 5.91 Å². The average molecular weight is 417 g/mol. The summed E-state index contributed by atoms with van der Waals surface area (Å²) < 4.78 is 43.6. The molecule has 0 atom stereocenters. The molecule has 3 rings (SSSR count). The molecular formula is C20H17F2N3O5. The molecule has 0 aliphatic carbocycles. The van der Waals surface area contributed by atoms with E-state index in [1.54, 1.807) is 18.2 Å². The van der Waals surface area contributed by atoms with E-state index in [1.807, 2.05) is 0 Å². The Balaban J connectivity index is 2.07. The number of nitrogens with one attached hydrogen (secondary N) is 1. The van der Waals surface area contributed by atoms with Gasteiger partial charge < -0.3 is 19.5 Å². The van der Waals surface area contributed by atoms with Crippen molar-refractivity contribution in [3.05, 3.63) is 70.0 Å². The van der Waals surface area contributed by atoms with Gasteiger partial charge in [-0.15, -0.1) is 0 Å². The minimum absolute atomic E-state index is 0.0451. The molecule has 0 radical (unpaired) electrons. The van der Waals surface area contributed by atoms with E-state index >= 15 is 0 Å². The fraction of sp³-hybridized carbons (Fsp3) is 0.150. The second-order valence-electron chi connectivity index (χ2n) is 5.99. The Morgan fingerprint density at radius 3 is 2.03 bits per heavy atom. The summed E-state index contributed by atoms with van der Waals surface area (Å²) in [6.07, 6.45) is 0. The van der Waals surface area contributed by atoms with E-state index in [1.165, 1.54) is 26.0 Å². The predicted octanol–water partition coefficient (Wildman–Crippen LogP) is 2.79. The predicted molar refractivity (Wildman–Crippen MR) is 104 cm³/mol. The summed E-state index contributed by atoms with van der Waals surface area (Å²) in [6.45, 7) is 0. The number of benzene rings is 2. The standard InChI is InChI=1S/C20H17F2N3O5/c1-28-15-7-14(8-16(9-15)29-2)25-18(30-3)10-17(26)19(24-25)20(27)23-13-5-11(21)4-12(22)6-13/h4-10H,1-3H3,(H,23,27). The molecule has 156 valence electrons. The van der Waals surface area contributed by atoms with Gasteiger partial charge in [0, 0.05) is 30.0 Å². The number of carbonyl (C=O) groups excluding carboxylic acids is 1. The van der Waals surface area contributed by atoms with Crippen molar-refractivity contribution in [3.63, 3.8) is 0 Å². The van der Waals surface area contributed by atoms with Crippen LogP contribution in [0.3, 0.4) is 0 Å². The normalized spacial score (nSPS) is 10.4. The molecular weight excluding hydrogens is 400 g/mol. The van der Waals surface area contributed by atoms with Crippen molar-refractivity contribution < 1.29 is 27.8 Å². The summed E-state index contributed by atoms with van der Waals surface area (Å²) in [6, 6.07) is 8.36. The lowest BCUT2D eigenvalue weighted by Gasteiger charge is -2.14. The Hall–Kier alpha value is -3.95. The zero-order chi connectivity index (χ0) is 21.8. The van der Waals surface area contributed by atoms with E-state index in [4.69, 9.17) is 14.2 Å². The van der Waals surface area contributed by atoms with Gasteiger partial charge in [-0.05, 0) is 12.1 Å². The van der Waals surface area contributed by atoms with Crippen LogP contribution in [0.15, 0.2) is 47.3 Å². The molecule has 1 aromatic heterocycles. The van der Waals surface area contributed by atoms with E-state index in [0.717, 1.165) is 18.2 Å². The number of aromatic nitrogens is 2. The molecule has 0 spiro atoms. The Kier molecular flexibility index (Phi) is 5.95. The minimum Gasteiger partial charge on any atom is -0.497 e. The van der Waals surface area contributed by atoms with Gasteiger partial charge in [0.1, 0.15) is 23.1 Å². The van der Waals surface area contributed by atoms with E-state index in [0.29, 0.717) is 23.3 Å². The van der Waals surface area contributed by atoms with Crippen molar-refractivity contribution in [2.45, 2.75) is 0 Å². The van der Waals surface area contributed by atoms with Crippen LogP contribution in [-0.2, 0) is 0 Å². The second kappa shape index (κ2) is 8.60. The molecule has 0 aliphatic heterocycles. The molecule has 0 bridgehead atoms. The Morgan fingerprint density at radius 2 is 1.50 bits per heavy atom. The lowest BCUT2D eigenvalue weighted by molar-refractivity contribution is 0.101. The van der Waals surface area contributed by atoms with Crippen LogP contribution in [0.4, 0.5) is 14.5 Å². The van der Waals surface area contributed by atoms with E-state index in [2.05, 4.69) is 10.4 Å². The molecule has 0 unspecified atom stereocenters. The highest BCUT2D eigenvalue weighted by atomic mass is 19.1. The third kappa shape index (κ3) is 4.37. The van der Waals surface area contributed by atoms with Crippen LogP contribution in [0.5, 0.6) is 17.4 Å². The number of hydrogen-bond acceptors (Lipinski definition) is 6. The van der Waals surface area contributed by atoms with Crippen LogP contribution in [0.25, 0.3) is 5.69 Å². The van der Waals surface area contributed by atoms with Gasteiger partial charge in [-0.2, -0.15) is 9.78 Å². The number of carbonyl (C=O) groups is 1. The highest BCUT2D eigenvalue weighted by Crippen LogP contribution is 2.26. The van der Waals surface area contributed by atoms with Crippen molar-refractivity contribution in [3.8, 4) is 23.1 Å². The monoisotopic (exact) mass is 417 g/mol. The highest BCUT2D eigenvalue weighted by Gasteiger charge is 2.19. The minimum atomic E-state index is -0.948. The maximum Gasteiger partial charge on any atom is 0.280 e. The van der Waals surface area contributed by atoms with Crippen LogP contribution in [0.1, 0.15) is 10.5 Å². The summed E-state index contributed by atoms with van der Waals surface area (Å²) >= 11 is 0. The van der Waals surface area contributed by atoms with Gasteiger partial charge in [-0.25, -0.2) is 8.78 Å². The molecule has 3 aromatic rings. The highest BCUT2D eigenvalue weighted by molar-refractivity contribution is 6.02. The summed E-state index contributed by atoms with van der Waals surface area (Å²) in [4.78, 5) is 24.9.